The molecule has 108 valence electrons. The number of rotatable bonds is 3. The Bertz CT molecular complexity index is 325. The fourth-order valence-electron chi connectivity index (χ4n) is 3.03. The summed E-state index contributed by atoms with van der Waals surface area (Å²) in [6.07, 6.45) is 4.40. The molecule has 0 aromatic heterocycles. The van der Waals surface area contributed by atoms with Crippen molar-refractivity contribution in [1.29, 1.82) is 0 Å². The van der Waals surface area contributed by atoms with E-state index in [1.807, 2.05) is 0 Å². The van der Waals surface area contributed by atoms with Gasteiger partial charge < -0.3 is 14.8 Å². The fraction of sp³-hybridized carbons (Fsp3) is 0.929. The van der Waals surface area contributed by atoms with Gasteiger partial charge in [0.2, 0.25) is 5.91 Å². The molecule has 3 fully saturated rings. The van der Waals surface area contributed by atoms with Crippen molar-refractivity contribution >= 4 is 5.91 Å². The highest BCUT2D eigenvalue weighted by Crippen LogP contribution is 2.33. The first kappa shape index (κ1) is 13.3. The highest BCUT2D eigenvalue weighted by atomic mass is 16.5. The summed E-state index contributed by atoms with van der Waals surface area (Å²) in [7, 11) is 0. The Balaban J connectivity index is 1.55. The van der Waals surface area contributed by atoms with Crippen LogP contribution in [0.3, 0.4) is 0 Å². The maximum absolute atomic E-state index is 11.9. The summed E-state index contributed by atoms with van der Waals surface area (Å²) >= 11 is 0. The minimum absolute atomic E-state index is 0.173. The van der Waals surface area contributed by atoms with Crippen molar-refractivity contribution in [3.63, 3.8) is 0 Å². The van der Waals surface area contributed by atoms with E-state index < -0.39 is 0 Å². The van der Waals surface area contributed by atoms with Gasteiger partial charge in [0.25, 0.3) is 0 Å². The zero-order chi connectivity index (χ0) is 13.1. The first-order chi connectivity index (χ1) is 9.26. The van der Waals surface area contributed by atoms with E-state index in [2.05, 4.69) is 10.2 Å². The van der Waals surface area contributed by atoms with Gasteiger partial charge in [-0.25, -0.2) is 0 Å². The SMILES string of the molecule is O=C(CN1CCOCC2(CCOCC2)C1)NC1CC1. The number of carbonyl (C=O) groups is 1. The Morgan fingerprint density at radius 2 is 2.00 bits per heavy atom. The molecule has 1 N–H and O–H groups in total. The molecule has 0 radical (unpaired) electrons. The van der Waals surface area contributed by atoms with Crippen LogP contribution in [-0.4, -0.2) is 62.9 Å². The molecule has 5 nitrogen and oxygen atoms in total. The third kappa shape index (κ3) is 3.68. The summed E-state index contributed by atoms with van der Waals surface area (Å²) in [6, 6.07) is 0.452. The highest BCUT2D eigenvalue weighted by molar-refractivity contribution is 5.78. The summed E-state index contributed by atoms with van der Waals surface area (Å²) in [6.45, 7) is 5.55. The van der Waals surface area contributed by atoms with Crippen LogP contribution in [0.1, 0.15) is 25.7 Å². The van der Waals surface area contributed by atoms with Gasteiger partial charge in [-0.3, -0.25) is 9.69 Å². The summed E-state index contributed by atoms with van der Waals surface area (Å²) in [5.41, 5.74) is 0.203. The van der Waals surface area contributed by atoms with Gasteiger partial charge in [0.15, 0.2) is 0 Å². The predicted octanol–water partition coefficient (Wildman–Crippen LogP) is 0.394. The van der Waals surface area contributed by atoms with Crippen molar-refractivity contribution in [3.8, 4) is 0 Å². The van der Waals surface area contributed by atoms with Crippen LogP contribution in [0.5, 0.6) is 0 Å². The maximum atomic E-state index is 11.9. The lowest BCUT2D eigenvalue weighted by molar-refractivity contribution is -0.122. The molecule has 0 aromatic rings. The minimum atomic E-state index is 0.173. The van der Waals surface area contributed by atoms with Crippen LogP contribution in [0.2, 0.25) is 0 Å². The van der Waals surface area contributed by atoms with Gasteiger partial charge in [0.1, 0.15) is 0 Å². The smallest absolute Gasteiger partial charge is 0.234 e. The van der Waals surface area contributed by atoms with E-state index >= 15 is 0 Å². The molecule has 1 aliphatic carbocycles. The molecule has 0 aromatic carbocycles. The number of amides is 1. The summed E-state index contributed by atoms with van der Waals surface area (Å²) < 4.78 is 11.2. The Morgan fingerprint density at radius 1 is 1.21 bits per heavy atom. The first-order valence-corrected chi connectivity index (χ1v) is 7.43. The zero-order valence-electron chi connectivity index (χ0n) is 11.5. The largest absolute Gasteiger partial charge is 0.381 e. The molecule has 2 heterocycles. The van der Waals surface area contributed by atoms with Crippen molar-refractivity contribution in [3.05, 3.63) is 0 Å². The summed E-state index contributed by atoms with van der Waals surface area (Å²) in [5, 5.41) is 3.07. The summed E-state index contributed by atoms with van der Waals surface area (Å²) in [5.74, 6) is 0.173. The number of nitrogens with one attached hydrogen (secondary N) is 1. The topological polar surface area (TPSA) is 50.8 Å². The third-order valence-electron chi connectivity index (χ3n) is 4.38. The quantitative estimate of drug-likeness (QED) is 0.805. The van der Waals surface area contributed by atoms with Gasteiger partial charge in [0.05, 0.1) is 19.8 Å². The molecule has 2 aliphatic heterocycles. The van der Waals surface area contributed by atoms with Gasteiger partial charge in [-0.2, -0.15) is 0 Å². The van der Waals surface area contributed by atoms with Crippen molar-refractivity contribution in [2.24, 2.45) is 5.41 Å². The molecule has 19 heavy (non-hydrogen) atoms. The van der Waals surface area contributed by atoms with E-state index in [4.69, 9.17) is 9.47 Å². The molecule has 0 bridgehead atoms. The van der Waals surface area contributed by atoms with Crippen LogP contribution < -0.4 is 5.32 Å². The third-order valence-corrected chi connectivity index (χ3v) is 4.38. The van der Waals surface area contributed by atoms with Crippen molar-refractivity contribution in [1.82, 2.24) is 10.2 Å². The molecule has 0 atom stereocenters. The normalized spacial score (nSPS) is 28.0. The second-order valence-corrected chi connectivity index (χ2v) is 6.22. The van der Waals surface area contributed by atoms with E-state index in [-0.39, 0.29) is 11.3 Å². The van der Waals surface area contributed by atoms with E-state index in [9.17, 15) is 4.79 Å². The van der Waals surface area contributed by atoms with E-state index in [1.165, 1.54) is 0 Å². The monoisotopic (exact) mass is 268 g/mol. The number of carbonyl (C=O) groups excluding carboxylic acids is 1. The maximum Gasteiger partial charge on any atom is 0.234 e. The minimum Gasteiger partial charge on any atom is -0.381 e. The van der Waals surface area contributed by atoms with Gasteiger partial charge in [-0.15, -0.1) is 0 Å². The zero-order valence-corrected chi connectivity index (χ0v) is 11.5. The standard InChI is InChI=1S/C14H24N2O3/c17-13(15-12-1-2-12)9-16-5-8-19-11-14(10-16)3-6-18-7-4-14/h12H,1-11H2,(H,15,17). The van der Waals surface area contributed by atoms with Crippen molar-refractivity contribution in [2.75, 3.05) is 46.1 Å². The Labute approximate surface area is 114 Å². The fourth-order valence-corrected chi connectivity index (χ4v) is 3.03. The average molecular weight is 268 g/mol. The van der Waals surface area contributed by atoms with E-state index in [0.29, 0.717) is 12.6 Å². The molecule has 3 rings (SSSR count). The number of hydrogen-bond acceptors (Lipinski definition) is 4. The lowest BCUT2D eigenvalue weighted by Gasteiger charge is -2.38. The molecule has 3 aliphatic rings. The Morgan fingerprint density at radius 3 is 2.74 bits per heavy atom. The van der Waals surface area contributed by atoms with Crippen LogP contribution in [0.15, 0.2) is 0 Å². The lowest BCUT2D eigenvalue weighted by atomic mass is 9.80. The number of hydrogen-bond donors (Lipinski definition) is 1. The molecule has 2 saturated heterocycles. The van der Waals surface area contributed by atoms with E-state index in [1.54, 1.807) is 0 Å². The van der Waals surface area contributed by atoms with Crippen molar-refractivity contribution < 1.29 is 14.3 Å². The molecule has 1 amide bonds. The average Bonchev–Trinajstić information content (AvgIpc) is 3.20. The molecule has 1 spiro atoms. The first-order valence-electron chi connectivity index (χ1n) is 7.43. The Kier molecular flexibility index (Phi) is 4.05. The Hall–Kier alpha value is -0.650. The van der Waals surface area contributed by atoms with Crippen molar-refractivity contribution in [2.45, 2.75) is 31.7 Å². The molecule has 5 heteroatoms. The molecule has 1 saturated carbocycles. The van der Waals surface area contributed by atoms with E-state index in [0.717, 1.165) is 65.2 Å². The molecular weight excluding hydrogens is 244 g/mol. The molecule has 0 unspecified atom stereocenters. The van der Waals surface area contributed by atoms with Gasteiger partial charge >= 0.3 is 0 Å². The van der Waals surface area contributed by atoms with Gasteiger partial charge in [-0.1, -0.05) is 0 Å². The second-order valence-electron chi connectivity index (χ2n) is 6.22. The van der Waals surface area contributed by atoms with Crippen LogP contribution in [0.4, 0.5) is 0 Å². The van der Waals surface area contributed by atoms with Crippen LogP contribution in [-0.2, 0) is 14.3 Å². The summed E-state index contributed by atoms with van der Waals surface area (Å²) in [4.78, 5) is 14.2. The number of ether oxygens (including phenoxy) is 2. The number of nitrogens with zero attached hydrogens (tertiary/aromatic N) is 1. The highest BCUT2D eigenvalue weighted by Gasteiger charge is 2.37. The van der Waals surface area contributed by atoms with Crippen LogP contribution >= 0.6 is 0 Å². The van der Waals surface area contributed by atoms with Crippen LogP contribution in [0, 0.1) is 5.41 Å². The van der Waals surface area contributed by atoms with Gasteiger partial charge in [0, 0.05) is 37.8 Å². The lowest BCUT2D eigenvalue weighted by Crippen LogP contribution is -2.46. The predicted molar refractivity (Wildman–Crippen MR) is 70.9 cm³/mol. The van der Waals surface area contributed by atoms with Crippen LogP contribution in [0.25, 0.3) is 0 Å². The second kappa shape index (κ2) is 5.77. The molecular formula is C14H24N2O3. The van der Waals surface area contributed by atoms with Gasteiger partial charge in [-0.05, 0) is 25.7 Å².